The highest BCUT2D eigenvalue weighted by Gasteiger charge is 2.01. The van der Waals surface area contributed by atoms with E-state index in [0.717, 1.165) is 28.7 Å². The standard InChI is InChI=1S/C14H13BrN2S/c1-10-4-11(6-16)2-3-12(10)7-17-8-14-5-13(15)9-18-14/h2-5,9,17H,7-8H2,1H3. The number of aryl methyl sites for hydroxylation is 1. The Hall–Kier alpha value is -1.15. The van der Waals surface area contributed by atoms with Gasteiger partial charge in [-0.3, -0.25) is 0 Å². The topological polar surface area (TPSA) is 35.8 Å². The van der Waals surface area contributed by atoms with Crippen molar-refractivity contribution in [3.05, 3.63) is 55.7 Å². The lowest BCUT2D eigenvalue weighted by Gasteiger charge is -2.07. The maximum absolute atomic E-state index is 8.81. The molecule has 0 saturated carbocycles. The second-order valence-electron chi connectivity index (χ2n) is 4.09. The van der Waals surface area contributed by atoms with Crippen LogP contribution in [0.15, 0.2) is 34.1 Å². The van der Waals surface area contributed by atoms with Crippen LogP contribution < -0.4 is 5.32 Å². The van der Waals surface area contributed by atoms with Crippen molar-refractivity contribution < 1.29 is 0 Å². The molecule has 2 nitrogen and oxygen atoms in total. The maximum atomic E-state index is 8.81. The van der Waals surface area contributed by atoms with E-state index < -0.39 is 0 Å². The Labute approximate surface area is 119 Å². The number of nitrogens with one attached hydrogen (secondary N) is 1. The van der Waals surface area contributed by atoms with Crippen molar-refractivity contribution in [3.63, 3.8) is 0 Å². The highest BCUT2D eigenvalue weighted by atomic mass is 79.9. The van der Waals surface area contributed by atoms with Gasteiger partial charge in [0.2, 0.25) is 0 Å². The lowest BCUT2D eigenvalue weighted by Crippen LogP contribution is -2.12. The molecular weight excluding hydrogens is 308 g/mol. The first-order chi connectivity index (χ1) is 8.69. The van der Waals surface area contributed by atoms with E-state index in [-0.39, 0.29) is 0 Å². The highest BCUT2D eigenvalue weighted by molar-refractivity contribution is 9.10. The number of rotatable bonds is 4. The molecule has 1 aromatic carbocycles. The van der Waals surface area contributed by atoms with Gasteiger partial charge in [-0.25, -0.2) is 0 Å². The van der Waals surface area contributed by atoms with Gasteiger partial charge in [0.1, 0.15) is 0 Å². The summed E-state index contributed by atoms with van der Waals surface area (Å²) in [5.41, 5.74) is 3.12. The third-order valence-corrected chi connectivity index (χ3v) is 4.41. The van der Waals surface area contributed by atoms with Crippen LogP contribution in [0.25, 0.3) is 0 Å². The van der Waals surface area contributed by atoms with Gasteiger partial charge in [-0.15, -0.1) is 11.3 Å². The molecule has 4 heteroatoms. The predicted octanol–water partition coefficient (Wildman–Crippen LogP) is 3.98. The molecule has 0 amide bonds. The van der Waals surface area contributed by atoms with Gasteiger partial charge < -0.3 is 5.32 Å². The molecule has 0 radical (unpaired) electrons. The Kier molecular flexibility index (Phi) is 4.54. The zero-order valence-electron chi connectivity index (χ0n) is 10.0. The van der Waals surface area contributed by atoms with Crippen LogP contribution in [0.1, 0.15) is 21.6 Å². The van der Waals surface area contributed by atoms with Gasteiger partial charge in [0.05, 0.1) is 11.6 Å². The number of hydrogen-bond donors (Lipinski definition) is 1. The quantitative estimate of drug-likeness (QED) is 0.924. The number of nitriles is 1. The summed E-state index contributed by atoms with van der Waals surface area (Å²) in [6, 6.07) is 10.1. The summed E-state index contributed by atoms with van der Waals surface area (Å²) in [6.07, 6.45) is 0. The van der Waals surface area contributed by atoms with Gasteiger partial charge in [0.25, 0.3) is 0 Å². The lowest BCUT2D eigenvalue weighted by atomic mass is 10.1. The summed E-state index contributed by atoms with van der Waals surface area (Å²) in [4.78, 5) is 1.31. The van der Waals surface area contributed by atoms with Gasteiger partial charge >= 0.3 is 0 Å². The molecule has 0 aliphatic heterocycles. The molecule has 2 rings (SSSR count). The minimum atomic E-state index is 0.721. The van der Waals surface area contributed by atoms with Gasteiger partial charge in [-0.05, 0) is 52.2 Å². The van der Waals surface area contributed by atoms with Crippen LogP contribution in [0, 0.1) is 18.3 Å². The minimum Gasteiger partial charge on any atom is -0.308 e. The number of nitrogens with zero attached hydrogens (tertiary/aromatic N) is 1. The lowest BCUT2D eigenvalue weighted by molar-refractivity contribution is 0.698. The Morgan fingerprint density at radius 1 is 1.33 bits per heavy atom. The van der Waals surface area contributed by atoms with E-state index in [1.807, 2.05) is 25.1 Å². The monoisotopic (exact) mass is 320 g/mol. The van der Waals surface area contributed by atoms with Crippen LogP contribution in [-0.4, -0.2) is 0 Å². The molecule has 1 aromatic heterocycles. The Balaban J connectivity index is 1.92. The molecule has 0 aliphatic rings. The molecule has 2 aromatic rings. The zero-order chi connectivity index (χ0) is 13.0. The maximum Gasteiger partial charge on any atom is 0.0991 e. The van der Waals surface area contributed by atoms with Gasteiger partial charge in [-0.1, -0.05) is 6.07 Å². The third-order valence-electron chi connectivity index (χ3n) is 2.71. The van der Waals surface area contributed by atoms with E-state index in [1.54, 1.807) is 11.3 Å². The molecule has 1 N–H and O–H groups in total. The average Bonchev–Trinajstić information content (AvgIpc) is 2.77. The molecule has 0 fully saturated rings. The Morgan fingerprint density at radius 3 is 2.78 bits per heavy atom. The third kappa shape index (κ3) is 3.42. The van der Waals surface area contributed by atoms with E-state index >= 15 is 0 Å². The van der Waals surface area contributed by atoms with Gasteiger partial charge in [0, 0.05) is 27.8 Å². The van der Waals surface area contributed by atoms with Crippen molar-refractivity contribution in [2.45, 2.75) is 20.0 Å². The highest BCUT2D eigenvalue weighted by Crippen LogP contribution is 2.19. The van der Waals surface area contributed by atoms with E-state index in [9.17, 15) is 0 Å². The zero-order valence-corrected chi connectivity index (χ0v) is 12.4. The number of thiophene rings is 1. The molecule has 0 atom stereocenters. The van der Waals surface area contributed by atoms with Crippen LogP contribution >= 0.6 is 27.3 Å². The van der Waals surface area contributed by atoms with Crippen molar-refractivity contribution in [1.29, 1.82) is 5.26 Å². The number of halogens is 1. The second kappa shape index (κ2) is 6.14. The molecule has 0 bridgehead atoms. The van der Waals surface area contributed by atoms with E-state index in [1.165, 1.54) is 10.4 Å². The summed E-state index contributed by atoms with van der Waals surface area (Å²) in [5.74, 6) is 0. The molecule has 18 heavy (non-hydrogen) atoms. The first-order valence-corrected chi connectivity index (χ1v) is 7.29. The van der Waals surface area contributed by atoms with Crippen LogP contribution in [0.3, 0.4) is 0 Å². The summed E-state index contributed by atoms with van der Waals surface area (Å²) < 4.78 is 1.14. The molecule has 0 aliphatic carbocycles. The minimum absolute atomic E-state index is 0.721. The van der Waals surface area contributed by atoms with Crippen LogP contribution in [0.4, 0.5) is 0 Å². The van der Waals surface area contributed by atoms with Crippen LogP contribution in [0.2, 0.25) is 0 Å². The molecule has 0 spiro atoms. The molecule has 0 saturated heterocycles. The van der Waals surface area contributed by atoms with Crippen LogP contribution in [-0.2, 0) is 13.1 Å². The Morgan fingerprint density at radius 2 is 2.17 bits per heavy atom. The van der Waals surface area contributed by atoms with Gasteiger partial charge in [0.15, 0.2) is 0 Å². The van der Waals surface area contributed by atoms with Crippen LogP contribution in [0.5, 0.6) is 0 Å². The molecule has 92 valence electrons. The Bertz CT molecular complexity index is 584. The van der Waals surface area contributed by atoms with E-state index in [4.69, 9.17) is 5.26 Å². The first kappa shape index (κ1) is 13.3. The molecule has 1 heterocycles. The van der Waals surface area contributed by atoms with Crippen molar-refractivity contribution in [1.82, 2.24) is 5.32 Å². The normalized spacial score (nSPS) is 10.3. The fraction of sp³-hybridized carbons (Fsp3) is 0.214. The van der Waals surface area contributed by atoms with E-state index in [0.29, 0.717) is 0 Å². The smallest absolute Gasteiger partial charge is 0.0991 e. The molecule has 0 unspecified atom stereocenters. The van der Waals surface area contributed by atoms with Crippen molar-refractivity contribution in [2.75, 3.05) is 0 Å². The van der Waals surface area contributed by atoms with Crippen molar-refractivity contribution in [3.8, 4) is 6.07 Å². The largest absolute Gasteiger partial charge is 0.308 e. The summed E-state index contributed by atoms with van der Waals surface area (Å²) in [5, 5.41) is 14.3. The average molecular weight is 321 g/mol. The SMILES string of the molecule is Cc1cc(C#N)ccc1CNCc1cc(Br)cs1. The summed E-state index contributed by atoms with van der Waals surface area (Å²) in [7, 11) is 0. The fourth-order valence-corrected chi connectivity index (χ4v) is 3.15. The second-order valence-corrected chi connectivity index (χ2v) is 6.00. The number of hydrogen-bond acceptors (Lipinski definition) is 3. The predicted molar refractivity (Wildman–Crippen MR) is 78.5 cm³/mol. The molecular formula is C14H13BrN2S. The van der Waals surface area contributed by atoms with Crippen molar-refractivity contribution >= 4 is 27.3 Å². The van der Waals surface area contributed by atoms with Crippen molar-refractivity contribution in [2.24, 2.45) is 0 Å². The summed E-state index contributed by atoms with van der Waals surface area (Å²) >= 11 is 5.19. The van der Waals surface area contributed by atoms with E-state index in [2.05, 4.69) is 38.8 Å². The van der Waals surface area contributed by atoms with Gasteiger partial charge in [-0.2, -0.15) is 5.26 Å². The first-order valence-electron chi connectivity index (χ1n) is 5.62. The fourth-order valence-electron chi connectivity index (χ4n) is 1.73. The number of benzene rings is 1. The summed E-state index contributed by atoms with van der Waals surface area (Å²) in [6.45, 7) is 3.74.